The first-order valence-corrected chi connectivity index (χ1v) is 7.03. The largest absolute Gasteiger partial charge is 0.383 e. The van der Waals surface area contributed by atoms with Crippen molar-refractivity contribution in [1.82, 2.24) is 4.90 Å². The molecule has 0 spiro atoms. The van der Waals surface area contributed by atoms with Gasteiger partial charge in [0.1, 0.15) is 5.82 Å². The highest BCUT2D eigenvalue weighted by Crippen LogP contribution is 2.17. The van der Waals surface area contributed by atoms with Crippen LogP contribution in [0.5, 0.6) is 0 Å². The first-order valence-electron chi connectivity index (χ1n) is 6.23. The molecule has 0 amide bonds. The molecule has 108 valence electrons. The van der Waals surface area contributed by atoms with Gasteiger partial charge in [-0.05, 0) is 30.7 Å². The van der Waals surface area contributed by atoms with E-state index in [2.05, 4.69) is 27.8 Å². The number of benzene rings is 1. The van der Waals surface area contributed by atoms with Crippen molar-refractivity contribution in [2.75, 3.05) is 34.0 Å². The summed E-state index contributed by atoms with van der Waals surface area (Å²) in [6.07, 6.45) is 0. The molecule has 0 aliphatic carbocycles. The highest BCUT2D eigenvalue weighted by atomic mass is 79.9. The zero-order valence-electron chi connectivity index (χ0n) is 11.7. The van der Waals surface area contributed by atoms with E-state index in [1.807, 2.05) is 6.07 Å². The maximum absolute atomic E-state index is 13.4. The molecule has 0 saturated heterocycles. The second-order valence-electron chi connectivity index (χ2n) is 4.55. The van der Waals surface area contributed by atoms with Crippen molar-refractivity contribution in [3.63, 3.8) is 0 Å². The second kappa shape index (κ2) is 8.64. The fourth-order valence-corrected chi connectivity index (χ4v) is 2.46. The maximum atomic E-state index is 13.4. The molecule has 1 aromatic carbocycles. The van der Waals surface area contributed by atoms with Gasteiger partial charge in [0.15, 0.2) is 0 Å². The summed E-state index contributed by atoms with van der Waals surface area (Å²) in [5.74, 6) is -0.226. The Kier molecular flexibility index (Phi) is 7.53. The zero-order chi connectivity index (χ0) is 14.3. The van der Waals surface area contributed by atoms with Gasteiger partial charge in [0.05, 0.1) is 13.2 Å². The topological polar surface area (TPSA) is 21.7 Å². The normalized spacial score (nSPS) is 12.9. The lowest BCUT2D eigenvalue weighted by molar-refractivity contribution is 0.0704. The Labute approximate surface area is 122 Å². The number of hydrogen-bond acceptors (Lipinski definition) is 3. The SMILES string of the molecule is COCCN(Cc1cc(F)cc(Br)c1)C(C)COC. The molecule has 0 aliphatic rings. The van der Waals surface area contributed by atoms with E-state index < -0.39 is 0 Å². The van der Waals surface area contributed by atoms with Gasteiger partial charge in [-0.1, -0.05) is 15.9 Å². The summed E-state index contributed by atoms with van der Waals surface area (Å²) in [5.41, 5.74) is 0.936. The molecule has 19 heavy (non-hydrogen) atoms. The number of halogens is 2. The number of nitrogens with zero attached hydrogens (tertiary/aromatic N) is 1. The van der Waals surface area contributed by atoms with Crippen LogP contribution in [0.25, 0.3) is 0 Å². The van der Waals surface area contributed by atoms with Gasteiger partial charge in [-0.2, -0.15) is 0 Å². The third-order valence-corrected chi connectivity index (χ3v) is 3.38. The van der Waals surface area contributed by atoms with Gasteiger partial charge >= 0.3 is 0 Å². The summed E-state index contributed by atoms with van der Waals surface area (Å²) in [7, 11) is 3.36. The molecule has 0 aromatic heterocycles. The smallest absolute Gasteiger partial charge is 0.124 e. The average Bonchev–Trinajstić information content (AvgIpc) is 2.33. The van der Waals surface area contributed by atoms with E-state index in [-0.39, 0.29) is 11.9 Å². The molecule has 1 rings (SSSR count). The van der Waals surface area contributed by atoms with Gasteiger partial charge in [0.25, 0.3) is 0 Å². The van der Waals surface area contributed by atoms with Crippen molar-refractivity contribution in [3.05, 3.63) is 34.1 Å². The Balaban J connectivity index is 2.74. The predicted molar refractivity (Wildman–Crippen MR) is 77.7 cm³/mol. The lowest BCUT2D eigenvalue weighted by atomic mass is 10.2. The summed E-state index contributed by atoms with van der Waals surface area (Å²) < 4.78 is 24.4. The Hall–Kier alpha value is -0.490. The Morgan fingerprint density at radius 3 is 2.58 bits per heavy atom. The molecule has 0 bridgehead atoms. The van der Waals surface area contributed by atoms with Crippen molar-refractivity contribution in [2.24, 2.45) is 0 Å². The van der Waals surface area contributed by atoms with Gasteiger partial charge < -0.3 is 9.47 Å². The molecule has 3 nitrogen and oxygen atoms in total. The van der Waals surface area contributed by atoms with Gasteiger partial charge in [-0.3, -0.25) is 4.90 Å². The standard InChI is InChI=1S/C14H21BrFNO2/c1-11(10-19-3)17(4-5-18-2)9-12-6-13(15)8-14(16)7-12/h6-8,11H,4-5,9-10H2,1-3H3. The predicted octanol–water partition coefficient (Wildman–Crippen LogP) is 3.07. The van der Waals surface area contributed by atoms with E-state index in [4.69, 9.17) is 9.47 Å². The van der Waals surface area contributed by atoms with Crippen LogP contribution in [0.4, 0.5) is 4.39 Å². The molecule has 1 unspecified atom stereocenters. The van der Waals surface area contributed by atoms with Crippen molar-refractivity contribution in [3.8, 4) is 0 Å². The van der Waals surface area contributed by atoms with Gasteiger partial charge in [-0.15, -0.1) is 0 Å². The summed E-state index contributed by atoms with van der Waals surface area (Å²) >= 11 is 3.32. The fourth-order valence-electron chi connectivity index (χ4n) is 1.95. The molecule has 5 heteroatoms. The molecule has 1 aromatic rings. The zero-order valence-corrected chi connectivity index (χ0v) is 13.2. The first-order chi connectivity index (χ1) is 9.06. The van der Waals surface area contributed by atoms with Crippen LogP contribution >= 0.6 is 15.9 Å². The highest BCUT2D eigenvalue weighted by molar-refractivity contribution is 9.10. The third-order valence-electron chi connectivity index (χ3n) is 2.92. The maximum Gasteiger partial charge on any atom is 0.124 e. The second-order valence-corrected chi connectivity index (χ2v) is 5.46. The highest BCUT2D eigenvalue weighted by Gasteiger charge is 2.14. The number of methoxy groups -OCH3 is 2. The minimum Gasteiger partial charge on any atom is -0.383 e. The summed E-state index contributed by atoms with van der Waals surface area (Å²) in [4.78, 5) is 2.22. The molecular weight excluding hydrogens is 313 g/mol. The van der Waals surface area contributed by atoms with Crippen molar-refractivity contribution in [2.45, 2.75) is 19.5 Å². The number of hydrogen-bond donors (Lipinski definition) is 0. The summed E-state index contributed by atoms with van der Waals surface area (Å²) in [6, 6.07) is 5.20. The molecule has 0 heterocycles. The van der Waals surface area contributed by atoms with E-state index in [9.17, 15) is 4.39 Å². The monoisotopic (exact) mass is 333 g/mol. The lowest BCUT2D eigenvalue weighted by Gasteiger charge is -2.28. The van der Waals surface area contributed by atoms with E-state index in [1.54, 1.807) is 20.3 Å². The average molecular weight is 334 g/mol. The van der Waals surface area contributed by atoms with Crippen LogP contribution in [0.3, 0.4) is 0 Å². The van der Waals surface area contributed by atoms with Crippen molar-refractivity contribution in [1.29, 1.82) is 0 Å². The first kappa shape index (κ1) is 16.6. The number of rotatable bonds is 8. The van der Waals surface area contributed by atoms with Gasteiger partial charge in [-0.25, -0.2) is 4.39 Å². The Morgan fingerprint density at radius 1 is 1.26 bits per heavy atom. The van der Waals surface area contributed by atoms with Gasteiger partial charge in [0.2, 0.25) is 0 Å². The van der Waals surface area contributed by atoms with Gasteiger partial charge in [0, 0.05) is 37.8 Å². The molecule has 0 fully saturated rings. The quantitative estimate of drug-likeness (QED) is 0.729. The van der Waals surface area contributed by atoms with Crippen LogP contribution in [-0.2, 0) is 16.0 Å². The van der Waals surface area contributed by atoms with Crippen LogP contribution in [0.15, 0.2) is 22.7 Å². The van der Waals surface area contributed by atoms with Crippen molar-refractivity contribution >= 4 is 15.9 Å². The minimum atomic E-state index is -0.226. The van der Waals surface area contributed by atoms with E-state index in [0.717, 1.165) is 16.6 Å². The minimum absolute atomic E-state index is 0.226. The fraction of sp³-hybridized carbons (Fsp3) is 0.571. The Morgan fingerprint density at radius 2 is 2.00 bits per heavy atom. The van der Waals surface area contributed by atoms with Crippen LogP contribution in [-0.4, -0.2) is 44.9 Å². The molecule has 0 radical (unpaired) electrons. The van der Waals surface area contributed by atoms with Crippen LogP contribution < -0.4 is 0 Å². The van der Waals surface area contributed by atoms with E-state index in [1.165, 1.54) is 6.07 Å². The molecule has 0 N–H and O–H groups in total. The lowest BCUT2D eigenvalue weighted by Crippen LogP contribution is -2.38. The van der Waals surface area contributed by atoms with E-state index in [0.29, 0.717) is 19.8 Å². The molecule has 0 saturated carbocycles. The third kappa shape index (κ3) is 5.99. The molecular formula is C14H21BrFNO2. The van der Waals surface area contributed by atoms with E-state index >= 15 is 0 Å². The summed E-state index contributed by atoms with van der Waals surface area (Å²) in [6.45, 7) is 4.83. The molecule has 0 aliphatic heterocycles. The number of ether oxygens (including phenoxy) is 2. The van der Waals surface area contributed by atoms with Crippen molar-refractivity contribution < 1.29 is 13.9 Å². The molecule has 1 atom stereocenters. The van der Waals surface area contributed by atoms with Crippen LogP contribution in [0, 0.1) is 5.82 Å². The van der Waals surface area contributed by atoms with Crippen LogP contribution in [0.1, 0.15) is 12.5 Å². The Bertz CT molecular complexity index is 369. The summed E-state index contributed by atoms with van der Waals surface area (Å²) in [5, 5.41) is 0. The van der Waals surface area contributed by atoms with Crippen LogP contribution in [0.2, 0.25) is 0 Å².